The molecule has 0 amide bonds. The van der Waals surface area contributed by atoms with Gasteiger partial charge in [-0.1, -0.05) is 19.4 Å². The molecule has 2 atom stereocenters. The Balaban J connectivity index is 1.22. The Morgan fingerprint density at radius 2 is 1.69 bits per heavy atom. The molecule has 2 unspecified atom stereocenters. The minimum absolute atomic E-state index is 0.302. The maximum atomic E-state index is 5.47. The normalized spacial score (nSPS) is 21.6. The third-order valence-electron chi connectivity index (χ3n) is 8.09. The van der Waals surface area contributed by atoms with Crippen molar-refractivity contribution in [2.24, 2.45) is 0 Å². The summed E-state index contributed by atoms with van der Waals surface area (Å²) >= 11 is 0. The van der Waals surface area contributed by atoms with Crippen molar-refractivity contribution in [3.8, 4) is 0 Å². The SMILES string of the molecule is CCCC(C)N1CCN(c2ncnc3c2CCN(C(C)c2ccc(N4CCOCC4)nc2)C3)CC1. The van der Waals surface area contributed by atoms with Crippen LogP contribution in [-0.2, 0) is 17.7 Å². The average molecular weight is 480 g/mol. The van der Waals surface area contributed by atoms with Crippen LogP contribution in [-0.4, -0.2) is 89.8 Å². The van der Waals surface area contributed by atoms with Crippen LogP contribution in [0.2, 0.25) is 0 Å². The molecule has 0 spiro atoms. The second-order valence-corrected chi connectivity index (χ2v) is 10.2. The van der Waals surface area contributed by atoms with Crippen molar-refractivity contribution in [3.05, 3.63) is 41.5 Å². The molecule has 2 aromatic rings. The first-order valence-corrected chi connectivity index (χ1v) is 13.5. The molecule has 0 aromatic carbocycles. The van der Waals surface area contributed by atoms with Gasteiger partial charge in [0, 0.05) is 76.2 Å². The Bertz CT molecular complexity index is 955. The van der Waals surface area contributed by atoms with Crippen LogP contribution >= 0.6 is 0 Å². The van der Waals surface area contributed by atoms with Gasteiger partial charge in [-0.2, -0.15) is 0 Å². The summed E-state index contributed by atoms with van der Waals surface area (Å²) < 4.78 is 5.47. The highest BCUT2D eigenvalue weighted by molar-refractivity contribution is 5.50. The molecule has 5 heterocycles. The fraction of sp³-hybridized carbons (Fsp3) is 0.667. The number of hydrogen-bond acceptors (Lipinski definition) is 8. The van der Waals surface area contributed by atoms with Gasteiger partial charge in [0.1, 0.15) is 18.0 Å². The quantitative estimate of drug-likeness (QED) is 0.600. The van der Waals surface area contributed by atoms with Gasteiger partial charge in [-0.05, 0) is 38.3 Å². The first-order chi connectivity index (χ1) is 17.1. The molecule has 0 radical (unpaired) electrons. The summed E-state index contributed by atoms with van der Waals surface area (Å²) in [6, 6.07) is 5.38. The van der Waals surface area contributed by atoms with E-state index in [2.05, 4.69) is 58.7 Å². The van der Waals surface area contributed by atoms with E-state index in [0.717, 1.165) is 77.8 Å². The lowest BCUT2D eigenvalue weighted by molar-refractivity contribution is 0.122. The van der Waals surface area contributed by atoms with Crippen LogP contribution < -0.4 is 9.80 Å². The van der Waals surface area contributed by atoms with E-state index in [9.17, 15) is 0 Å². The second kappa shape index (κ2) is 11.2. The van der Waals surface area contributed by atoms with Crippen LogP contribution in [0.15, 0.2) is 24.7 Å². The predicted molar refractivity (Wildman–Crippen MR) is 140 cm³/mol. The third-order valence-corrected chi connectivity index (χ3v) is 8.09. The molecule has 2 saturated heterocycles. The molecular formula is C27H41N7O. The highest BCUT2D eigenvalue weighted by atomic mass is 16.5. The maximum Gasteiger partial charge on any atom is 0.135 e. The predicted octanol–water partition coefficient (Wildman–Crippen LogP) is 3.14. The van der Waals surface area contributed by atoms with Crippen molar-refractivity contribution in [2.45, 2.75) is 58.7 Å². The van der Waals surface area contributed by atoms with Gasteiger partial charge in [0.05, 0.1) is 18.9 Å². The van der Waals surface area contributed by atoms with Gasteiger partial charge in [0.15, 0.2) is 0 Å². The molecule has 0 bridgehead atoms. The summed E-state index contributed by atoms with van der Waals surface area (Å²) in [6.45, 7) is 16.6. The van der Waals surface area contributed by atoms with Crippen molar-refractivity contribution < 1.29 is 4.74 Å². The maximum absolute atomic E-state index is 5.47. The van der Waals surface area contributed by atoms with Crippen LogP contribution in [0.3, 0.4) is 0 Å². The molecule has 3 aliphatic heterocycles. The number of rotatable bonds is 7. The van der Waals surface area contributed by atoms with Crippen LogP contribution in [0.25, 0.3) is 0 Å². The summed E-state index contributed by atoms with van der Waals surface area (Å²) in [4.78, 5) is 24.2. The first-order valence-electron chi connectivity index (χ1n) is 13.5. The molecule has 0 N–H and O–H groups in total. The van der Waals surface area contributed by atoms with Crippen LogP contribution in [0.5, 0.6) is 0 Å². The Kier molecular flexibility index (Phi) is 7.80. The summed E-state index contributed by atoms with van der Waals surface area (Å²) in [7, 11) is 0. The van der Waals surface area contributed by atoms with E-state index in [-0.39, 0.29) is 0 Å². The van der Waals surface area contributed by atoms with E-state index in [0.29, 0.717) is 12.1 Å². The summed E-state index contributed by atoms with van der Waals surface area (Å²) in [5.41, 5.74) is 3.80. The van der Waals surface area contributed by atoms with Crippen molar-refractivity contribution in [2.75, 3.05) is 68.8 Å². The Morgan fingerprint density at radius 3 is 2.40 bits per heavy atom. The number of nitrogens with zero attached hydrogens (tertiary/aromatic N) is 7. The van der Waals surface area contributed by atoms with Gasteiger partial charge in [0.2, 0.25) is 0 Å². The summed E-state index contributed by atoms with van der Waals surface area (Å²) in [6.07, 6.45) is 7.36. The number of hydrogen-bond donors (Lipinski definition) is 0. The molecule has 3 aliphatic rings. The van der Waals surface area contributed by atoms with Gasteiger partial charge in [-0.15, -0.1) is 0 Å². The zero-order valence-electron chi connectivity index (χ0n) is 21.7. The summed E-state index contributed by atoms with van der Waals surface area (Å²) in [5.74, 6) is 2.22. The van der Waals surface area contributed by atoms with E-state index in [1.165, 1.54) is 35.5 Å². The monoisotopic (exact) mass is 479 g/mol. The van der Waals surface area contributed by atoms with Gasteiger partial charge >= 0.3 is 0 Å². The fourth-order valence-corrected chi connectivity index (χ4v) is 5.77. The van der Waals surface area contributed by atoms with Gasteiger partial charge in [-0.25, -0.2) is 15.0 Å². The molecule has 2 aromatic heterocycles. The molecule has 8 nitrogen and oxygen atoms in total. The van der Waals surface area contributed by atoms with Crippen LogP contribution in [0.1, 0.15) is 56.5 Å². The van der Waals surface area contributed by atoms with Crippen molar-refractivity contribution in [1.82, 2.24) is 24.8 Å². The third kappa shape index (κ3) is 5.44. The zero-order chi connectivity index (χ0) is 24.2. The standard InChI is InChI=1S/C27H41N7O/c1-4-5-21(2)31-10-12-33(13-11-31)27-24-8-9-34(19-25(24)29-20-30-27)22(3)23-6-7-26(28-18-23)32-14-16-35-17-15-32/h6-7,18,20-22H,4-5,8-17,19H2,1-3H3. The highest BCUT2D eigenvalue weighted by Gasteiger charge is 2.29. The van der Waals surface area contributed by atoms with E-state index >= 15 is 0 Å². The van der Waals surface area contributed by atoms with Gasteiger partial charge in [0.25, 0.3) is 0 Å². The largest absolute Gasteiger partial charge is 0.378 e. The van der Waals surface area contributed by atoms with Crippen molar-refractivity contribution >= 4 is 11.6 Å². The van der Waals surface area contributed by atoms with Crippen LogP contribution in [0.4, 0.5) is 11.6 Å². The topological polar surface area (TPSA) is 60.9 Å². The molecule has 0 aliphatic carbocycles. The number of fused-ring (bicyclic) bond motifs is 1. The Morgan fingerprint density at radius 1 is 0.886 bits per heavy atom. The number of piperazine rings is 1. The highest BCUT2D eigenvalue weighted by Crippen LogP contribution is 2.31. The second-order valence-electron chi connectivity index (χ2n) is 10.2. The Hall–Kier alpha value is -2.29. The summed E-state index contributed by atoms with van der Waals surface area (Å²) in [5, 5.41) is 0. The number of pyridine rings is 1. The van der Waals surface area contributed by atoms with E-state index < -0.39 is 0 Å². The molecular weight excluding hydrogens is 438 g/mol. The molecule has 2 fully saturated rings. The fourth-order valence-electron chi connectivity index (χ4n) is 5.77. The molecule has 8 heteroatoms. The smallest absolute Gasteiger partial charge is 0.135 e. The number of anilines is 2. The number of morpholine rings is 1. The van der Waals surface area contributed by atoms with Gasteiger partial charge in [-0.3, -0.25) is 9.80 Å². The minimum atomic E-state index is 0.302. The lowest BCUT2D eigenvalue weighted by atomic mass is 10.0. The van der Waals surface area contributed by atoms with Crippen molar-refractivity contribution in [3.63, 3.8) is 0 Å². The van der Waals surface area contributed by atoms with Crippen LogP contribution in [0, 0.1) is 0 Å². The molecule has 190 valence electrons. The number of aromatic nitrogens is 3. The lowest BCUT2D eigenvalue weighted by Crippen LogP contribution is -2.50. The van der Waals surface area contributed by atoms with E-state index in [4.69, 9.17) is 19.7 Å². The number of ether oxygens (including phenoxy) is 1. The van der Waals surface area contributed by atoms with Crippen molar-refractivity contribution in [1.29, 1.82) is 0 Å². The zero-order valence-corrected chi connectivity index (χ0v) is 21.7. The van der Waals surface area contributed by atoms with Gasteiger partial charge < -0.3 is 14.5 Å². The Labute approximate surface area is 210 Å². The van der Waals surface area contributed by atoms with E-state index in [1.54, 1.807) is 6.33 Å². The van der Waals surface area contributed by atoms with E-state index in [1.807, 2.05) is 0 Å². The minimum Gasteiger partial charge on any atom is -0.378 e. The molecule has 5 rings (SSSR count). The molecule has 35 heavy (non-hydrogen) atoms. The average Bonchev–Trinajstić information content (AvgIpc) is 2.93. The lowest BCUT2D eigenvalue weighted by Gasteiger charge is -2.40. The molecule has 0 saturated carbocycles. The first kappa shape index (κ1) is 24.4.